The molecule has 0 unspecified atom stereocenters. The quantitative estimate of drug-likeness (QED) is 0.178. The average molecular weight is 420 g/mol. The fraction of sp³-hybridized carbons (Fsp3) is 0.0435. The molecule has 4 N–H and O–H groups in total. The van der Waals surface area contributed by atoms with Crippen LogP contribution in [0.1, 0.15) is 11.1 Å². The summed E-state index contributed by atoms with van der Waals surface area (Å²) < 4.78 is 14.3. The van der Waals surface area contributed by atoms with Gasteiger partial charge in [-0.3, -0.25) is 5.43 Å². The number of aromatic nitrogens is 1. The molecule has 4 rings (SSSR count). The van der Waals surface area contributed by atoms with Gasteiger partial charge in [0.05, 0.1) is 16.3 Å². The summed E-state index contributed by atoms with van der Waals surface area (Å²) in [6, 6.07) is 18.5. The summed E-state index contributed by atoms with van der Waals surface area (Å²) in [6.07, 6.45) is 0. The highest BCUT2D eigenvalue weighted by atomic mass is 35.5. The second kappa shape index (κ2) is 8.00. The van der Waals surface area contributed by atoms with Crippen molar-refractivity contribution in [1.29, 1.82) is 0 Å². The van der Waals surface area contributed by atoms with E-state index >= 15 is 0 Å². The monoisotopic (exact) mass is 419 g/mol. The summed E-state index contributed by atoms with van der Waals surface area (Å²) in [4.78, 5) is 3.25. The predicted octanol–water partition coefficient (Wildman–Crippen LogP) is 5.43. The molecule has 3 aromatic carbocycles. The number of aromatic amines is 1. The van der Waals surface area contributed by atoms with Gasteiger partial charge in [-0.15, -0.1) is 0 Å². The number of H-pyrrole nitrogens is 1. The van der Waals surface area contributed by atoms with Crippen LogP contribution in [0, 0.1) is 12.7 Å². The molecule has 0 bridgehead atoms. The van der Waals surface area contributed by atoms with Crippen molar-refractivity contribution in [2.24, 2.45) is 16.0 Å². The molecule has 1 heterocycles. The third kappa shape index (κ3) is 3.53. The van der Waals surface area contributed by atoms with Crippen LogP contribution < -0.4 is 11.3 Å². The number of nitrogens with zero attached hydrogens (tertiary/aromatic N) is 2. The average Bonchev–Trinajstić information content (AvgIpc) is 3.14. The normalized spacial score (nSPS) is 11.6. The minimum atomic E-state index is -0.360. The molecular formula is C23H19ClFN5. The van der Waals surface area contributed by atoms with E-state index in [1.165, 1.54) is 6.07 Å². The third-order valence-electron chi connectivity index (χ3n) is 4.98. The summed E-state index contributed by atoms with van der Waals surface area (Å²) in [6.45, 7) is 5.41. The van der Waals surface area contributed by atoms with Gasteiger partial charge in [0.1, 0.15) is 5.82 Å². The number of nitrogens with one attached hydrogen (secondary N) is 2. The van der Waals surface area contributed by atoms with Crippen LogP contribution in [0.4, 0.5) is 4.39 Å². The first-order chi connectivity index (χ1) is 14.5. The third-order valence-corrected chi connectivity index (χ3v) is 5.29. The number of benzene rings is 3. The van der Waals surface area contributed by atoms with Crippen LogP contribution in [-0.4, -0.2) is 17.5 Å². The van der Waals surface area contributed by atoms with E-state index in [0.717, 1.165) is 33.2 Å². The van der Waals surface area contributed by atoms with Crippen LogP contribution in [0.25, 0.3) is 33.3 Å². The Balaban J connectivity index is 1.75. The Bertz CT molecular complexity index is 1270. The number of aryl methyl sites for hydroxylation is 1. The van der Waals surface area contributed by atoms with Crippen molar-refractivity contribution in [3.8, 4) is 22.4 Å². The van der Waals surface area contributed by atoms with Gasteiger partial charge in [-0.05, 0) is 60.0 Å². The van der Waals surface area contributed by atoms with E-state index in [0.29, 0.717) is 22.1 Å². The van der Waals surface area contributed by atoms with Crippen LogP contribution in [0.5, 0.6) is 0 Å². The number of amidine groups is 1. The highest BCUT2D eigenvalue weighted by Crippen LogP contribution is 2.34. The number of hydrogen-bond acceptors (Lipinski definition) is 3. The Morgan fingerprint density at radius 3 is 2.67 bits per heavy atom. The van der Waals surface area contributed by atoms with Crippen molar-refractivity contribution in [3.63, 3.8) is 0 Å². The van der Waals surface area contributed by atoms with Gasteiger partial charge in [-0.25, -0.2) is 4.39 Å². The largest absolute Gasteiger partial charge is 0.354 e. The van der Waals surface area contributed by atoms with Crippen molar-refractivity contribution < 1.29 is 4.39 Å². The maximum atomic E-state index is 14.3. The maximum absolute atomic E-state index is 14.3. The minimum Gasteiger partial charge on any atom is -0.354 e. The highest BCUT2D eigenvalue weighted by Gasteiger charge is 2.13. The van der Waals surface area contributed by atoms with Gasteiger partial charge in [-0.1, -0.05) is 35.9 Å². The number of fused-ring (bicyclic) bond motifs is 1. The van der Waals surface area contributed by atoms with Gasteiger partial charge >= 0.3 is 0 Å². The van der Waals surface area contributed by atoms with E-state index in [9.17, 15) is 4.39 Å². The lowest BCUT2D eigenvalue weighted by molar-refractivity contribution is 0.631. The lowest BCUT2D eigenvalue weighted by Crippen LogP contribution is -2.20. The van der Waals surface area contributed by atoms with Crippen molar-refractivity contribution in [2.75, 3.05) is 0 Å². The molecule has 0 amide bonds. The summed E-state index contributed by atoms with van der Waals surface area (Å²) in [5.74, 6) is 5.50. The Labute approximate surface area is 178 Å². The molecule has 0 spiro atoms. The predicted molar refractivity (Wildman–Crippen MR) is 122 cm³/mol. The molecule has 30 heavy (non-hydrogen) atoms. The van der Waals surface area contributed by atoms with Crippen LogP contribution in [0.3, 0.4) is 0 Å². The zero-order valence-corrected chi connectivity index (χ0v) is 17.0. The topological polar surface area (TPSA) is 78.6 Å². The Morgan fingerprint density at radius 2 is 1.97 bits per heavy atom. The maximum Gasteiger partial charge on any atom is 0.173 e. The number of rotatable bonds is 4. The summed E-state index contributed by atoms with van der Waals surface area (Å²) in [5.41, 5.74) is 8.56. The Morgan fingerprint density at radius 1 is 1.13 bits per heavy atom. The summed E-state index contributed by atoms with van der Waals surface area (Å²) in [7, 11) is 0. The number of halogens is 2. The molecule has 150 valence electrons. The first-order valence-electron chi connectivity index (χ1n) is 9.20. The molecule has 0 saturated heterocycles. The molecule has 0 aliphatic rings. The van der Waals surface area contributed by atoms with Crippen LogP contribution in [-0.2, 0) is 0 Å². The van der Waals surface area contributed by atoms with Crippen LogP contribution in [0.15, 0.2) is 70.9 Å². The number of hydrogen-bond donors (Lipinski definition) is 3. The fourth-order valence-electron chi connectivity index (χ4n) is 3.57. The van der Waals surface area contributed by atoms with Gasteiger partial charge in [-0.2, -0.15) is 10.2 Å². The molecule has 0 radical (unpaired) electrons. The standard InChI is InChI=1S/C23H19ClFN5/c1-13-10-15(23(29-26)30-27-2)6-8-17(13)14-7-9-20-16(11-14)12-21(28-20)22-18(24)4-3-5-19(22)25/h3-12,28H,2,26H2,1H3,(H,29,30). The van der Waals surface area contributed by atoms with E-state index in [2.05, 4.69) is 33.4 Å². The van der Waals surface area contributed by atoms with E-state index in [-0.39, 0.29) is 5.82 Å². The molecule has 7 heteroatoms. The lowest BCUT2D eigenvalue weighted by Gasteiger charge is -2.10. The van der Waals surface area contributed by atoms with Crippen molar-refractivity contribution in [2.45, 2.75) is 6.92 Å². The molecule has 0 atom stereocenters. The first-order valence-corrected chi connectivity index (χ1v) is 9.58. The van der Waals surface area contributed by atoms with Crippen LogP contribution in [0.2, 0.25) is 5.02 Å². The minimum absolute atomic E-state index is 0.360. The highest BCUT2D eigenvalue weighted by molar-refractivity contribution is 6.33. The SMILES string of the molecule is C=NN/C(=N/N)c1ccc(-c2ccc3[nH]c(-c4c(F)cccc4Cl)cc3c2)c(C)c1. The Hall–Kier alpha value is -3.64. The van der Waals surface area contributed by atoms with E-state index < -0.39 is 0 Å². The van der Waals surface area contributed by atoms with Crippen LogP contribution >= 0.6 is 11.6 Å². The first kappa shape index (κ1) is 19.7. The smallest absolute Gasteiger partial charge is 0.173 e. The molecule has 1 aromatic heterocycles. The molecule has 0 aliphatic heterocycles. The zero-order chi connectivity index (χ0) is 21.3. The fourth-order valence-corrected chi connectivity index (χ4v) is 3.83. The van der Waals surface area contributed by atoms with Crippen molar-refractivity contribution in [1.82, 2.24) is 10.4 Å². The Kier molecular flexibility index (Phi) is 5.25. The second-order valence-electron chi connectivity index (χ2n) is 6.86. The molecule has 5 nitrogen and oxygen atoms in total. The summed E-state index contributed by atoms with van der Waals surface area (Å²) in [5, 5.41) is 8.65. The molecule has 0 fully saturated rings. The lowest BCUT2D eigenvalue weighted by atomic mass is 9.97. The molecule has 4 aromatic rings. The van der Waals surface area contributed by atoms with Gasteiger partial charge in [0.25, 0.3) is 0 Å². The van der Waals surface area contributed by atoms with Gasteiger partial charge < -0.3 is 10.8 Å². The van der Waals surface area contributed by atoms with E-state index in [1.54, 1.807) is 12.1 Å². The van der Waals surface area contributed by atoms with Gasteiger partial charge in [0, 0.05) is 23.2 Å². The summed E-state index contributed by atoms with van der Waals surface area (Å²) >= 11 is 6.22. The van der Waals surface area contributed by atoms with E-state index in [4.69, 9.17) is 17.4 Å². The van der Waals surface area contributed by atoms with Crippen molar-refractivity contribution >= 4 is 35.1 Å². The van der Waals surface area contributed by atoms with Crippen molar-refractivity contribution in [3.05, 3.63) is 82.6 Å². The molecular weight excluding hydrogens is 401 g/mol. The van der Waals surface area contributed by atoms with Gasteiger partial charge in [0.2, 0.25) is 0 Å². The molecule has 0 aliphatic carbocycles. The number of nitrogens with two attached hydrogens (primary N) is 1. The van der Waals surface area contributed by atoms with Gasteiger partial charge in [0.15, 0.2) is 5.84 Å². The molecule has 0 saturated carbocycles. The number of hydrazone groups is 2. The zero-order valence-electron chi connectivity index (χ0n) is 16.2. The van der Waals surface area contributed by atoms with E-state index in [1.807, 2.05) is 43.3 Å². The second-order valence-corrected chi connectivity index (χ2v) is 7.27.